The zero-order valence-electron chi connectivity index (χ0n) is 9.00. The molecule has 0 atom stereocenters. The van der Waals surface area contributed by atoms with Crippen molar-refractivity contribution in [2.45, 2.75) is 13.8 Å². The van der Waals surface area contributed by atoms with E-state index in [-0.39, 0.29) is 5.91 Å². The number of hydrogen-bond donors (Lipinski definition) is 2. The van der Waals surface area contributed by atoms with Crippen LogP contribution in [0.2, 0.25) is 0 Å². The van der Waals surface area contributed by atoms with E-state index in [9.17, 15) is 9.59 Å². The number of carbonyl (C=O) groups excluding carboxylic acids is 2. The van der Waals surface area contributed by atoms with E-state index in [1.807, 2.05) is 0 Å². The molecule has 2 N–H and O–H groups in total. The summed E-state index contributed by atoms with van der Waals surface area (Å²) in [5.74, 6) is -0.752. The molecule has 0 fully saturated rings. The van der Waals surface area contributed by atoms with E-state index in [2.05, 4.69) is 15.7 Å². The van der Waals surface area contributed by atoms with Crippen LogP contribution in [0.4, 0.5) is 5.69 Å². The zero-order valence-corrected chi connectivity index (χ0v) is 9.00. The highest BCUT2D eigenvalue weighted by Gasteiger charge is 2.07. The van der Waals surface area contributed by atoms with Crippen LogP contribution in [0.15, 0.2) is 18.2 Å². The topological polar surface area (TPSA) is 62.6 Å². The van der Waals surface area contributed by atoms with Crippen LogP contribution < -0.4 is 10.9 Å². The van der Waals surface area contributed by atoms with E-state index in [4.69, 9.17) is 6.57 Å². The Morgan fingerprint density at radius 2 is 2.00 bits per heavy atom. The first-order valence-electron chi connectivity index (χ1n) is 4.59. The molecular formula is C11H11N3O2. The van der Waals surface area contributed by atoms with Crippen LogP contribution >= 0.6 is 0 Å². The Bertz CT molecular complexity index is 475. The standard InChI is InChI=1S/C11H11N3O2/c1-7-6-9(4-5-10(7)12-3)11(16)14-13-8(2)15/h4-6H,1-2H3,(H,13,15)(H,14,16). The predicted octanol–water partition coefficient (Wildman–Crippen LogP) is 1.33. The number of carbonyl (C=O) groups is 2. The Labute approximate surface area is 93.3 Å². The van der Waals surface area contributed by atoms with E-state index in [0.29, 0.717) is 11.3 Å². The number of aryl methyl sites for hydroxylation is 1. The van der Waals surface area contributed by atoms with Crippen LogP contribution in [0.25, 0.3) is 4.85 Å². The maximum Gasteiger partial charge on any atom is 0.269 e. The van der Waals surface area contributed by atoms with Gasteiger partial charge in [-0.05, 0) is 12.5 Å². The highest BCUT2D eigenvalue weighted by molar-refractivity contribution is 5.95. The summed E-state index contributed by atoms with van der Waals surface area (Å²) >= 11 is 0. The molecule has 5 nitrogen and oxygen atoms in total. The lowest BCUT2D eigenvalue weighted by atomic mass is 10.1. The van der Waals surface area contributed by atoms with Gasteiger partial charge in [-0.3, -0.25) is 20.4 Å². The van der Waals surface area contributed by atoms with Crippen LogP contribution in [-0.2, 0) is 4.79 Å². The fourth-order valence-electron chi connectivity index (χ4n) is 1.14. The highest BCUT2D eigenvalue weighted by Crippen LogP contribution is 2.19. The average molecular weight is 217 g/mol. The van der Waals surface area contributed by atoms with Gasteiger partial charge in [0, 0.05) is 12.5 Å². The van der Waals surface area contributed by atoms with Gasteiger partial charge in [-0.25, -0.2) is 4.85 Å². The van der Waals surface area contributed by atoms with Gasteiger partial charge in [-0.1, -0.05) is 18.2 Å². The quantitative estimate of drug-likeness (QED) is 0.550. The number of nitrogens with one attached hydrogen (secondary N) is 2. The molecule has 0 saturated carbocycles. The lowest BCUT2D eigenvalue weighted by Crippen LogP contribution is -2.40. The Hall–Kier alpha value is -2.35. The van der Waals surface area contributed by atoms with Gasteiger partial charge >= 0.3 is 0 Å². The van der Waals surface area contributed by atoms with Gasteiger partial charge in [0.05, 0.1) is 6.57 Å². The summed E-state index contributed by atoms with van der Waals surface area (Å²) in [6.45, 7) is 9.92. The summed E-state index contributed by atoms with van der Waals surface area (Å²) in [6.07, 6.45) is 0. The lowest BCUT2D eigenvalue weighted by Gasteiger charge is -2.06. The molecule has 0 spiro atoms. The SMILES string of the molecule is [C-]#[N+]c1ccc(C(=O)NNC(C)=O)cc1C. The van der Waals surface area contributed by atoms with Gasteiger partial charge in [0.2, 0.25) is 5.91 Å². The zero-order chi connectivity index (χ0) is 12.1. The van der Waals surface area contributed by atoms with E-state index >= 15 is 0 Å². The van der Waals surface area contributed by atoms with Crippen LogP contribution in [0.1, 0.15) is 22.8 Å². The number of hydrogen-bond acceptors (Lipinski definition) is 2. The van der Waals surface area contributed by atoms with Crippen molar-refractivity contribution < 1.29 is 9.59 Å². The van der Waals surface area contributed by atoms with Crippen LogP contribution in [0, 0.1) is 13.5 Å². The molecule has 1 aromatic rings. The number of hydrazine groups is 1. The third kappa shape index (κ3) is 2.82. The molecule has 2 amide bonds. The molecule has 82 valence electrons. The van der Waals surface area contributed by atoms with Crippen molar-refractivity contribution in [3.8, 4) is 0 Å². The molecule has 16 heavy (non-hydrogen) atoms. The third-order valence-electron chi connectivity index (χ3n) is 1.93. The third-order valence-corrected chi connectivity index (χ3v) is 1.93. The Morgan fingerprint density at radius 1 is 1.31 bits per heavy atom. The van der Waals surface area contributed by atoms with Crippen LogP contribution in [-0.4, -0.2) is 11.8 Å². The second-order valence-corrected chi connectivity index (χ2v) is 3.25. The minimum absolute atomic E-state index is 0.345. The van der Waals surface area contributed by atoms with Gasteiger partial charge < -0.3 is 0 Å². The molecule has 5 heteroatoms. The number of nitrogens with zero attached hydrogens (tertiary/aromatic N) is 1. The van der Waals surface area contributed by atoms with Gasteiger partial charge in [-0.15, -0.1) is 0 Å². The molecular weight excluding hydrogens is 206 g/mol. The normalized spacial score (nSPS) is 9.06. The fourth-order valence-corrected chi connectivity index (χ4v) is 1.14. The summed E-state index contributed by atoms with van der Waals surface area (Å²) < 4.78 is 0. The maximum atomic E-state index is 11.5. The van der Waals surface area contributed by atoms with Crippen LogP contribution in [0.5, 0.6) is 0 Å². The van der Waals surface area contributed by atoms with Crippen molar-refractivity contribution in [1.82, 2.24) is 10.9 Å². The van der Waals surface area contributed by atoms with Crippen molar-refractivity contribution in [3.63, 3.8) is 0 Å². The fraction of sp³-hybridized carbons (Fsp3) is 0.182. The van der Waals surface area contributed by atoms with E-state index in [0.717, 1.165) is 5.56 Å². The molecule has 0 aliphatic rings. The summed E-state index contributed by atoms with van der Waals surface area (Å²) in [4.78, 5) is 25.4. The monoisotopic (exact) mass is 217 g/mol. The molecule has 1 rings (SSSR count). The van der Waals surface area contributed by atoms with Crippen molar-refractivity contribution in [2.75, 3.05) is 0 Å². The largest absolute Gasteiger partial charge is 0.274 e. The molecule has 0 aliphatic carbocycles. The summed E-state index contributed by atoms with van der Waals surface area (Å²) in [5, 5.41) is 0. The number of benzene rings is 1. The first-order chi connectivity index (χ1) is 7.54. The second kappa shape index (κ2) is 4.94. The minimum atomic E-state index is -0.408. The first-order valence-corrected chi connectivity index (χ1v) is 4.59. The van der Waals surface area contributed by atoms with Crippen molar-refractivity contribution >= 4 is 17.5 Å². The van der Waals surface area contributed by atoms with Crippen molar-refractivity contribution in [3.05, 3.63) is 40.7 Å². The Balaban J connectivity index is 2.82. The first kappa shape index (κ1) is 11.7. The molecule has 0 aliphatic heterocycles. The number of rotatable bonds is 1. The smallest absolute Gasteiger partial charge is 0.269 e. The van der Waals surface area contributed by atoms with E-state index in [1.165, 1.54) is 13.0 Å². The second-order valence-electron chi connectivity index (χ2n) is 3.25. The molecule has 0 bridgehead atoms. The number of amides is 2. The van der Waals surface area contributed by atoms with Gasteiger partial charge in [0.25, 0.3) is 5.91 Å². The summed E-state index contributed by atoms with van der Waals surface area (Å²) in [7, 11) is 0. The Morgan fingerprint density at radius 3 is 2.50 bits per heavy atom. The maximum absolute atomic E-state index is 11.5. The van der Waals surface area contributed by atoms with E-state index < -0.39 is 5.91 Å². The summed E-state index contributed by atoms with van der Waals surface area (Å²) in [6, 6.07) is 4.72. The molecule has 0 unspecified atom stereocenters. The van der Waals surface area contributed by atoms with Gasteiger partial charge in [0.1, 0.15) is 0 Å². The van der Waals surface area contributed by atoms with Crippen molar-refractivity contribution in [1.29, 1.82) is 0 Å². The molecule has 1 aromatic carbocycles. The molecule has 0 saturated heterocycles. The van der Waals surface area contributed by atoms with Gasteiger partial charge in [-0.2, -0.15) is 0 Å². The van der Waals surface area contributed by atoms with Crippen LogP contribution in [0.3, 0.4) is 0 Å². The van der Waals surface area contributed by atoms with Crippen molar-refractivity contribution in [2.24, 2.45) is 0 Å². The Kier molecular flexibility index (Phi) is 3.62. The summed E-state index contributed by atoms with van der Waals surface area (Å²) in [5.41, 5.74) is 6.08. The predicted molar refractivity (Wildman–Crippen MR) is 58.7 cm³/mol. The lowest BCUT2D eigenvalue weighted by molar-refractivity contribution is -0.119. The highest BCUT2D eigenvalue weighted by atomic mass is 16.2. The molecule has 0 aromatic heterocycles. The van der Waals surface area contributed by atoms with Gasteiger partial charge in [0.15, 0.2) is 5.69 Å². The molecule has 0 heterocycles. The minimum Gasteiger partial charge on any atom is -0.274 e. The average Bonchev–Trinajstić information content (AvgIpc) is 2.25. The molecule has 0 radical (unpaired) electrons. The van der Waals surface area contributed by atoms with E-state index in [1.54, 1.807) is 19.1 Å².